The minimum absolute atomic E-state index is 0.0706. The molecule has 1 N–H and O–H groups in total. The molecule has 3 rings (SSSR count). The highest BCUT2D eigenvalue weighted by molar-refractivity contribution is 5.76. The van der Waals surface area contributed by atoms with Crippen molar-refractivity contribution < 1.29 is 9.34 Å². The summed E-state index contributed by atoms with van der Waals surface area (Å²) in [6.45, 7) is 4.85. The van der Waals surface area contributed by atoms with E-state index in [-0.39, 0.29) is 12.2 Å². The van der Waals surface area contributed by atoms with Gasteiger partial charge in [0.05, 0.1) is 17.0 Å². The lowest BCUT2D eigenvalue weighted by Crippen LogP contribution is -2.23. The van der Waals surface area contributed by atoms with Gasteiger partial charge in [-0.1, -0.05) is 6.58 Å². The van der Waals surface area contributed by atoms with Gasteiger partial charge in [0.15, 0.2) is 5.58 Å². The quantitative estimate of drug-likeness (QED) is 0.497. The van der Waals surface area contributed by atoms with Gasteiger partial charge in [-0.05, 0) is 24.5 Å². The third-order valence-electron chi connectivity index (χ3n) is 3.46. The summed E-state index contributed by atoms with van der Waals surface area (Å²) in [4.78, 5) is 22.2. The smallest absolute Gasteiger partial charge is 0.408 e. The van der Waals surface area contributed by atoms with Crippen LogP contribution in [0.5, 0.6) is 0 Å². The van der Waals surface area contributed by atoms with Crippen molar-refractivity contribution in [3.63, 3.8) is 0 Å². The average molecular weight is 289 g/mol. The van der Waals surface area contributed by atoms with Crippen molar-refractivity contribution in [2.24, 2.45) is 0 Å². The number of non-ortho nitro benzene ring substituents is 1. The zero-order valence-electron chi connectivity index (χ0n) is 11.4. The van der Waals surface area contributed by atoms with Crippen LogP contribution < -0.4 is 11.1 Å². The molecule has 110 valence electrons. The Morgan fingerprint density at radius 3 is 2.95 bits per heavy atom. The number of nitrogens with zero attached hydrogens (tertiary/aromatic N) is 2. The first-order chi connectivity index (χ1) is 10.0. The van der Waals surface area contributed by atoms with E-state index < -0.39 is 10.7 Å². The van der Waals surface area contributed by atoms with Crippen LogP contribution in [0, 0.1) is 10.1 Å². The van der Waals surface area contributed by atoms with Crippen molar-refractivity contribution in [1.29, 1.82) is 0 Å². The number of hydrogen-bond acceptors (Lipinski definition) is 5. The first kappa shape index (κ1) is 13.6. The van der Waals surface area contributed by atoms with E-state index in [0.717, 1.165) is 5.57 Å². The second-order valence-electron chi connectivity index (χ2n) is 5.27. The van der Waals surface area contributed by atoms with Crippen LogP contribution in [0.4, 0.5) is 5.69 Å². The number of hydrogen-bond donors (Lipinski definition) is 1. The Morgan fingerprint density at radius 1 is 1.52 bits per heavy atom. The molecule has 0 spiro atoms. The fourth-order valence-corrected chi connectivity index (χ4v) is 2.17. The molecular formula is C14H15N3O4. The van der Waals surface area contributed by atoms with Gasteiger partial charge in [-0.25, -0.2) is 4.79 Å². The van der Waals surface area contributed by atoms with Gasteiger partial charge in [0, 0.05) is 24.7 Å². The second-order valence-corrected chi connectivity index (χ2v) is 5.27. The summed E-state index contributed by atoms with van der Waals surface area (Å²) in [7, 11) is 0. The van der Waals surface area contributed by atoms with Crippen LogP contribution in [-0.2, 0) is 6.54 Å². The maximum atomic E-state index is 11.9. The van der Waals surface area contributed by atoms with Crippen molar-refractivity contribution in [2.75, 3.05) is 6.54 Å². The summed E-state index contributed by atoms with van der Waals surface area (Å²) in [6.07, 6.45) is 2.35. The minimum atomic E-state index is -0.530. The van der Waals surface area contributed by atoms with Crippen molar-refractivity contribution in [1.82, 2.24) is 9.88 Å². The van der Waals surface area contributed by atoms with E-state index in [4.69, 9.17) is 4.42 Å². The van der Waals surface area contributed by atoms with E-state index in [1.54, 1.807) is 0 Å². The molecule has 0 aliphatic heterocycles. The Morgan fingerprint density at radius 2 is 2.29 bits per heavy atom. The Kier molecular flexibility index (Phi) is 3.34. The van der Waals surface area contributed by atoms with E-state index in [1.165, 1.54) is 35.6 Å². The van der Waals surface area contributed by atoms with E-state index in [1.807, 2.05) is 0 Å². The summed E-state index contributed by atoms with van der Waals surface area (Å²) in [6, 6.07) is 4.66. The first-order valence-electron chi connectivity index (χ1n) is 6.72. The van der Waals surface area contributed by atoms with Crippen LogP contribution in [0.25, 0.3) is 11.1 Å². The molecule has 0 unspecified atom stereocenters. The van der Waals surface area contributed by atoms with Crippen molar-refractivity contribution in [2.45, 2.75) is 25.4 Å². The summed E-state index contributed by atoms with van der Waals surface area (Å²) in [5.74, 6) is -0.530. The molecule has 2 aromatic rings. The topological polar surface area (TPSA) is 90.3 Å². The fraction of sp³-hybridized carbons (Fsp3) is 0.357. The Labute approximate surface area is 120 Å². The van der Waals surface area contributed by atoms with Gasteiger partial charge in [0.2, 0.25) is 0 Å². The third kappa shape index (κ3) is 2.87. The van der Waals surface area contributed by atoms with Crippen LogP contribution in [0.3, 0.4) is 0 Å². The molecule has 1 aliphatic rings. The molecule has 1 aromatic carbocycles. The molecule has 7 heteroatoms. The number of nitrogens with one attached hydrogen (secondary N) is 1. The van der Waals surface area contributed by atoms with Crippen molar-refractivity contribution in [3.05, 3.63) is 51.0 Å². The molecular weight excluding hydrogens is 274 g/mol. The highest BCUT2D eigenvalue weighted by Gasteiger charge is 2.20. The Balaban J connectivity index is 1.87. The Bertz CT molecular complexity index is 770. The second kappa shape index (κ2) is 5.17. The molecule has 0 amide bonds. The third-order valence-corrected chi connectivity index (χ3v) is 3.46. The summed E-state index contributed by atoms with van der Waals surface area (Å²) >= 11 is 0. The predicted octanol–water partition coefficient (Wildman–Crippen LogP) is 1.81. The van der Waals surface area contributed by atoms with Crippen molar-refractivity contribution >= 4 is 16.8 Å². The van der Waals surface area contributed by atoms with E-state index in [0.29, 0.717) is 23.7 Å². The van der Waals surface area contributed by atoms with E-state index in [9.17, 15) is 14.9 Å². The highest BCUT2D eigenvalue weighted by atomic mass is 16.6. The van der Waals surface area contributed by atoms with Gasteiger partial charge in [-0.15, -0.1) is 0 Å². The van der Waals surface area contributed by atoms with Crippen molar-refractivity contribution in [3.8, 4) is 0 Å². The average Bonchev–Trinajstić information content (AvgIpc) is 3.22. The normalized spacial score (nSPS) is 14.5. The number of benzene rings is 1. The molecule has 21 heavy (non-hydrogen) atoms. The molecule has 1 fully saturated rings. The molecule has 0 bridgehead atoms. The molecule has 0 saturated heterocycles. The number of rotatable bonds is 6. The van der Waals surface area contributed by atoms with Gasteiger partial charge < -0.3 is 9.73 Å². The SMILES string of the molecule is C=C(CNC1CC1)Cn1c(=O)oc2ccc([N+](=O)[O-])cc21. The van der Waals surface area contributed by atoms with Crippen LogP contribution in [0.1, 0.15) is 12.8 Å². The zero-order valence-corrected chi connectivity index (χ0v) is 11.4. The van der Waals surface area contributed by atoms with E-state index >= 15 is 0 Å². The minimum Gasteiger partial charge on any atom is -0.408 e. The van der Waals surface area contributed by atoms with Gasteiger partial charge in [-0.3, -0.25) is 14.7 Å². The summed E-state index contributed by atoms with van der Waals surface area (Å²) in [5, 5.41) is 14.1. The lowest BCUT2D eigenvalue weighted by atomic mass is 10.2. The van der Waals surface area contributed by atoms with Gasteiger partial charge in [0.1, 0.15) is 0 Å². The van der Waals surface area contributed by atoms with Gasteiger partial charge in [0.25, 0.3) is 5.69 Å². The number of oxazole rings is 1. The largest absolute Gasteiger partial charge is 0.420 e. The van der Waals surface area contributed by atoms with Crippen LogP contribution in [-0.4, -0.2) is 22.1 Å². The summed E-state index contributed by atoms with van der Waals surface area (Å²) in [5.41, 5.74) is 1.52. The maximum absolute atomic E-state index is 11.9. The van der Waals surface area contributed by atoms with Gasteiger partial charge >= 0.3 is 5.76 Å². The summed E-state index contributed by atoms with van der Waals surface area (Å²) < 4.78 is 6.47. The monoisotopic (exact) mass is 289 g/mol. The van der Waals surface area contributed by atoms with E-state index in [2.05, 4.69) is 11.9 Å². The Hall–Kier alpha value is -2.41. The molecule has 0 radical (unpaired) electrons. The highest BCUT2D eigenvalue weighted by Crippen LogP contribution is 2.21. The number of aromatic nitrogens is 1. The standard InChI is InChI=1S/C14H15N3O4/c1-9(7-15-10-2-3-10)8-16-12-6-11(17(19)20)4-5-13(12)21-14(16)18/h4-6,10,15H,1-3,7-8H2. The fourth-order valence-electron chi connectivity index (χ4n) is 2.17. The lowest BCUT2D eigenvalue weighted by molar-refractivity contribution is -0.384. The van der Waals surface area contributed by atoms with Crippen LogP contribution >= 0.6 is 0 Å². The molecule has 1 aliphatic carbocycles. The zero-order chi connectivity index (χ0) is 15.0. The maximum Gasteiger partial charge on any atom is 0.420 e. The molecule has 1 saturated carbocycles. The first-order valence-corrected chi connectivity index (χ1v) is 6.72. The van der Waals surface area contributed by atoms with Gasteiger partial charge in [-0.2, -0.15) is 0 Å². The molecule has 0 atom stereocenters. The number of fused-ring (bicyclic) bond motifs is 1. The molecule has 1 heterocycles. The van der Waals surface area contributed by atoms with Crippen LogP contribution in [0.15, 0.2) is 39.6 Å². The predicted molar refractivity (Wildman–Crippen MR) is 77.3 cm³/mol. The van der Waals surface area contributed by atoms with Crippen LogP contribution in [0.2, 0.25) is 0 Å². The number of nitro benzene ring substituents is 1. The lowest BCUT2D eigenvalue weighted by Gasteiger charge is -2.07. The number of nitro groups is 1. The molecule has 1 aromatic heterocycles. The molecule has 7 nitrogen and oxygen atoms in total.